The second-order valence-corrected chi connectivity index (χ2v) is 6.14. The van der Waals surface area contributed by atoms with E-state index in [0.717, 1.165) is 30.5 Å². The number of nitrogens with zero attached hydrogens (tertiary/aromatic N) is 1. The molecule has 1 fully saturated rings. The van der Waals surface area contributed by atoms with Crippen molar-refractivity contribution >= 4 is 17.6 Å². The molecule has 1 saturated carbocycles. The van der Waals surface area contributed by atoms with Gasteiger partial charge in [-0.1, -0.05) is 25.8 Å². The Bertz CT molecular complexity index is 348. The molecule has 0 amide bonds. The minimum absolute atomic E-state index is 0.969. The van der Waals surface area contributed by atoms with Gasteiger partial charge in [-0.15, -0.1) is 0 Å². The van der Waals surface area contributed by atoms with Gasteiger partial charge in [0.25, 0.3) is 0 Å². The fourth-order valence-corrected chi connectivity index (χ4v) is 3.57. The largest absolute Gasteiger partial charge is 0.370 e. The van der Waals surface area contributed by atoms with Crippen LogP contribution in [0.4, 0.5) is 5.82 Å². The molecular weight excluding hydrogens is 240 g/mol. The summed E-state index contributed by atoms with van der Waals surface area (Å²) in [6.45, 7) is 3.18. The van der Waals surface area contributed by atoms with Crippen molar-refractivity contribution in [2.45, 2.75) is 44.8 Å². The van der Waals surface area contributed by atoms with Gasteiger partial charge < -0.3 is 5.32 Å². The maximum absolute atomic E-state index is 4.64. The third kappa shape index (κ3) is 4.52. The van der Waals surface area contributed by atoms with Gasteiger partial charge in [0.15, 0.2) is 0 Å². The van der Waals surface area contributed by atoms with Crippen LogP contribution in [0.2, 0.25) is 0 Å². The molecule has 1 aliphatic carbocycles. The lowest BCUT2D eigenvalue weighted by Gasteiger charge is -2.09. The number of pyridine rings is 1. The van der Waals surface area contributed by atoms with Crippen molar-refractivity contribution in [1.82, 2.24) is 4.98 Å². The van der Waals surface area contributed by atoms with Crippen molar-refractivity contribution in [3.8, 4) is 0 Å². The Morgan fingerprint density at radius 1 is 1.33 bits per heavy atom. The molecule has 0 aliphatic heterocycles. The van der Waals surface area contributed by atoms with E-state index in [1.807, 2.05) is 11.8 Å². The van der Waals surface area contributed by atoms with Crippen LogP contribution in [-0.4, -0.2) is 17.3 Å². The van der Waals surface area contributed by atoms with Gasteiger partial charge in [-0.25, -0.2) is 4.98 Å². The van der Waals surface area contributed by atoms with Crippen LogP contribution >= 0.6 is 11.8 Å². The highest BCUT2D eigenvalue weighted by Crippen LogP contribution is 2.28. The van der Waals surface area contributed by atoms with E-state index in [1.54, 1.807) is 0 Å². The van der Waals surface area contributed by atoms with Crippen LogP contribution in [0.3, 0.4) is 0 Å². The minimum atomic E-state index is 0.969. The van der Waals surface area contributed by atoms with Gasteiger partial charge in [-0.3, -0.25) is 0 Å². The van der Waals surface area contributed by atoms with Crippen LogP contribution in [0, 0.1) is 5.92 Å². The highest BCUT2D eigenvalue weighted by Gasteiger charge is 2.14. The van der Waals surface area contributed by atoms with Crippen molar-refractivity contribution in [1.29, 1.82) is 0 Å². The molecule has 0 bridgehead atoms. The van der Waals surface area contributed by atoms with Crippen LogP contribution in [0.25, 0.3) is 0 Å². The Hall–Kier alpha value is -0.700. The Morgan fingerprint density at radius 3 is 2.94 bits per heavy atom. The number of rotatable bonds is 7. The van der Waals surface area contributed by atoms with Crippen LogP contribution in [0.15, 0.2) is 18.2 Å². The number of hydrogen-bond donors (Lipinski definition) is 1. The Kier molecular flexibility index (Phi) is 5.85. The van der Waals surface area contributed by atoms with Gasteiger partial charge in [-0.05, 0) is 43.1 Å². The third-order valence-corrected chi connectivity index (χ3v) is 4.65. The van der Waals surface area contributed by atoms with E-state index in [2.05, 4.69) is 35.4 Å². The second-order valence-electron chi connectivity index (χ2n) is 5.11. The van der Waals surface area contributed by atoms with E-state index < -0.39 is 0 Å². The summed E-state index contributed by atoms with van der Waals surface area (Å²) < 4.78 is 0. The van der Waals surface area contributed by atoms with Crippen molar-refractivity contribution in [2.75, 3.05) is 17.6 Å². The lowest BCUT2D eigenvalue weighted by atomic mass is 10.1. The molecule has 100 valence electrons. The lowest BCUT2D eigenvalue weighted by Crippen LogP contribution is -2.03. The Morgan fingerprint density at radius 2 is 2.17 bits per heavy atom. The molecule has 1 heterocycles. The average Bonchev–Trinajstić information content (AvgIpc) is 2.90. The molecule has 0 radical (unpaired) electrons. The zero-order chi connectivity index (χ0) is 12.6. The monoisotopic (exact) mass is 264 g/mol. The van der Waals surface area contributed by atoms with Gasteiger partial charge in [0.2, 0.25) is 0 Å². The summed E-state index contributed by atoms with van der Waals surface area (Å²) in [5.74, 6) is 4.36. The first-order valence-corrected chi connectivity index (χ1v) is 8.31. The molecule has 18 heavy (non-hydrogen) atoms. The van der Waals surface area contributed by atoms with Crippen molar-refractivity contribution in [3.63, 3.8) is 0 Å². The molecule has 0 saturated heterocycles. The number of thioether (sulfide) groups is 1. The maximum Gasteiger partial charge on any atom is 0.126 e. The van der Waals surface area contributed by atoms with E-state index in [0.29, 0.717) is 0 Å². The van der Waals surface area contributed by atoms with E-state index in [9.17, 15) is 0 Å². The minimum Gasteiger partial charge on any atom is -0.370 e. The van der Waals surface area contributed by atoms with Crippen molar-refractivity contribution in [3.05, 3.63) is 23.9 Å². The lowest BCUT2D eigenvalue weighted by molar-refractivity contribution is 0.623. The fourth-order valence-electron chi connectivity index (χ4n) is 2.42. The first-order chi connectivity index (χ1) is 8.88. The van der Waals surface area contributed by atoms with E-state index in [4.69, 9.17) is 0 Å². The third-order valence-electron chi connectivity index (χ3n) is 3.44. The molecule has 1 N–H and O–H groups in total. The fraction of sp³-hybridized carbons (Fsp3) is 0.667. The molecule has 1 aromatic heterocycles. The van der Waals surface area contributed by atoms with Gasteiger partial charge in [0.05, 0.1) is 5.69 Å². The molecule has 0 atom stereocenters. The zero-order valence-corrected chi connectivity index (χ0v) is 12.1. The number of anilines is 1. The van der Waals surface area contributed by atoms with Gasteiger partial charge in [0, 0.05) is 12.3 Å². The topological polar surface area (TPSA) is 24.9 Å². The van der Waals surface area contributed by atoms with E-state index >= 15 is 0 Å². The molecule has 0 unspecified atom stereocenters. The molecular formula is C15H24N2S. The Labute approximate surface area is 115 Å². The predicted octanol–water partition coefficient (Wildman–Crippen LogP) is 4.33. The molecule has 0 aromatic carbocycles. The number of aromatic nitrogens is 1. The SMILES string of the molecule is CCCNc1cccc(CSCC2CCCC2)n1. The molecule has 3 heteroatoms. The van der Waals surface area contributed by atoms with E-state index in [-0.39, 0.29) is 0 Å². The van der Waals surface area contributed by atoms with Gasteiger partial charge in [0.1, 0.15) is 5.82 Å². The number of hydrogen-bond acceptors (Lipinski definition) is 3. The normalized spacial score (nSPS) is 16.1. The highest BCUT2D eigenvalue weighted by molar-refractivity contribution is 7.98. The van der Waals surface area contributed by atoms with Gasteiger partial charge >= 0.3 is 0 Å². The smallest absolute Gasteiger partial charge is 0.126 e. The summed E-state index contributed by atoms with van der Waals surface area (Å²) in [4.78, 5) is 4.64. The molecule has 0 spiro atoms. The molecule has 2 nitrogen and oxygen atoms in total. The summed E-state index contributed by atoms with van der Waals surface area (Å²) in [6.07, 6.45) is 6.92. The second kappa shape index (κ2) is 7.67. The van der Waals surface area contributed by atoms with E-state index in [1.165, 1.54) is 37.1 Å². The maximum atomic E-state index is 4.64. The van der Waals surface area contributed by atoms with Crippen LogP contribution in [-0.2, 0) is 5.75 Å². The molecule has 1 aromatic rings. The van der Waals surface area contributed by atoms with Gasteiger partial charge in [-0.2, -0.15) is 11.8 Å². The summed E-state index contributed by atoms with van der Waals surface area (Å²) in [7, 11) is 0. The standard InChI is InChI=1S/C15H24N2S/c1-2-10-16-15-9-5-8-14(17-15)12-18-11-13-6-3-4-7-13/h5,8-9,13H,2-4,6-7,10-12H2,1H3,(H,16,17). The van der Waals surface area contributed by atoms with Crippen LogP contribution in [0.1, 0.15) is 44.7 Å². The summed E-state index contributed by atoms with van der Waals surface area (Å²) in [6, 6.07) is 6.30. The van der Waals surface area contributed by atoms with Crippen LogP contribution in [0.5, 0.6) is 0 Å². The molecule has 1 aliphatic rings. The summed E-state index contributed by atoms with van der Waals surface area (Å²) in [5, 5.41) is 3.35. The summed E-state index contributed by atoms with van der Waals surface area (Å²) in [5.41, 5.74) is 1.21. The molecule has 2 rings (SSSR count). The first-order valence-electron chi connectivity index (χ1n) is 7.16. The zero-order valence-electron chi connectivity index (χ0n) is 11.3. The quantitative estimate of drug-likeness (QED) is 0.793. The van der Waals surface area contributed by atoms with Crippen molar-refractivity contribution < 1.29 is 0 Å². The predicted molar refractivity (Wildman–Crippen MR) is 81.1 cm³/mol. The summed E-state index contributed by atoms with van der Waals surface area (Å²) >= 11 is 2.05. The number of nitrogens with one attached hydrogen (secondary N) is 1. The van der Waals surface area contributed by atoms with Crippen molar-refractivity contribution in [2.24, 2.45) is 5.92 Å². The Balaban J connectivity index is 1.74. The van der Waals surface area contributed by atoms with Crippen LogP contribution < -0.4 is 5.32 Å². The highest BCUT2D eigenvalue weighted by atomic mass is 32.2. The average molecular weight is 264 g/mol. The first kappa shape index (κ1) is 13.7.